The first kappa shape index (κ1) is 21.5. The van der Waals surface area contributed by atoms with E-state index in [0.717, 1.165) is 17.3 Å². The lowest BCUT2D eigenvalue weighted by molar-refractivity contribution is -0.384. The molecular formula is C20H17N3O5S2. The van der Waals surface area contributed by atoms with Gasteiger partial charge in [0.1, 0.15) is 16.1 Å². The van der Waals surface area contributed by atoms with E-state index in [2.05, 4.69) is 5.32 Å². The van der Waals surface area contributed by atoms with E-state index in [1.807, 2.05) is 12.1 Å². The Morgan fingerprint density at radius 1 is 1.23 bits per heavy atom. The maximum Gasteiger partial charge on any atom is 0.269 e. The monoisotopic (exact) mass is 443 g/mol. The van der Waals surface area contributed by atoms with Gasteiger partial charge < -0.3 is 10.1 Å². The lowest BCUT2D eigenvalue weighted by Gasteiger charge is -2.22. The Morgan fingerprint density at radius 2 is 1.87 bits per heavy atom. The minimum atomic E-state index is -0.852. The molecule has 10 heteroatoms. The number of benzene rings is 2. The molecule has 0 saturated carbocycles. The van der Waals surface area contributed by atoms with Crippen LogP contribution in [0.3, 0.4) is 0 Å². The highest BCUT2D eigenvalue weighted by Gasteiger charge is 2.38. The number of methoxy groups -OCH3 is 1. The first-order valence-electron chi connectivity index (χ1n) is 8.76. The van der Waals surface area contributed by atoms with Crippen molar-refractivity contribution in [2.24, 2.45) is 0 Å². The van der Waals surface area contributed by atoms with Crippen LogP contribution in [0.15, 0.2) is 53.4 Å². The molecule has 1 fully saturated rings. The zero-order chi connectivity index (χ0) is 21.8. The number of thioether (sulfide) groups is 1. The third-order valence-electron chi connectivity index (χ3n) is 4.35. The Hall–Kier alpha value is -3.24. The highest BCUT2D eigenvalue weighted by molar-refractivity contribution is 8.26. The molecule has 1 N–H and O–H groups in total. The van der Waals surface area contributed by atoms with Crippen LogP contribution < -0.4 is 10.1 Å². The number of nitro benzene ring substituents is 1. The summed E-state index contributed by atoms with van der Waals surface area (Å²) in [6.45, 7) is 1.57. The minimum absolute atomic E-state index is 0.0818. The van der Waals surface area contributed by atoms with Crippen molar-refractivity contribution in [3.8, 4) is 5.75 Å². The van der Waals surface area contributed by atoms with Crippen molar-refractivity contribution in [2.75, 3.05) is 12.4 Å². The topological polar surface area (TPSA) is 102 Å². The quantitative estimate of drug-likeness (QED) is 0.313. The summed E-state index contributed by atoms with van der Waals surface area (Å²) in [6, 6.07) is 11.8. The molecule has 0 spiro atoms. The summed E-state index contributed by atoms with van der Waals surface area (Å²) in [5.74, 6) is -0.103. The fourth-order valence-electron chi connectivity index (χ4n) is 2.70. The van der Waals surface area contributed by atoms with Gasteiger partial charge in [0, 0.05) is 17.8 Å². The zero-order valence-corrected chi connectivity index (χ0v) is 17.7. The molecule has 2 amide bonds. The van der Waals surface area contributed by atoms with Crippen molar-refractivity contribution in [3.05, 3.63) is 69.1 Å². The average Bonchev–Trinajstić information content (AvgIpc) is 3.01. The van der Waals surface area contributed by atoms with Crippen LogP contribution in [0.2, 0.25) is 0 Å². The summed E-state index contributed by atoms with van der Waals surface area (Å²) in [7, 11) is 1.57. The van der Waals surface area contributed by atoms with Gasteiger partial charge in [0.15, 0.2) is 0 Å². The lowest BCUT2D eigenvalue weighted by Crippen LogP contribution is -2.44. The van der Waals surface area contributed by atoms with Gasteiger partial charge in [0.2, 0.25) is 5.91 Å². The van der Waals surface area contributed by atoms with Gasteiger partial charge in [0.25, 0.3) is 11.6 Å². The molecule has 1 saturated heterocycles. The molecule has 0 bridgehead atoms. The fraction of sp³-hybridized carbons (Fsp3) is 0.150. The Kier molecular flexibility index (Phi) is 6.48. The molecule has 0 radical (unpaired) electrons. The fourth-order valence-corrected chi connectivity index (χ4v) is 4.11. The van der Waals surface area contributed by atoms with Gasteiger partial charge in [-0.3, -0.25) is 24.6 Å². The van der Waals surface area contributed by atoms with Gasteiger partial charge >= 0.3 is 0 Å². The molecule has 0 aromatic heterocycles. The van der Waals surface area contributed by atoms with E-state index in [1.54, 1.807) is 32.2 Å². The smallest absolute Gasteiger partial charge is 0.269 e. The first-order chi connectivity index (χ1) is 14.3. The number of ether oxygens (including phenoxy) is 1. The highest BCUT2D eigenvalue weighted by atomic mass is 32.2. The second kappa shape index (κ2) is 9.06. The van der Waals surface area contributed by atoms with Crippen LogP contribution >= 0.6 is 24.0 Å². The number of anilines is 1. The number of amides is 2. The number of nitrogens with zero attached hydrogens (tertiary/aromatic N) is 2. The molecule has 3 rings (SSSR count). The Bertz CT molecular complexity index is 1040. The molecule has 1 unspecified atom stereocenters. The number of carbonyl (C=O) groups is 2. The molecule has 30 heavy (non-hydrogen) atoms. The second-order valence-electron chi connectivity index (χ2n) is 6.29. The number of rotatable bonds is 6. The van der Waals surface area contributed by atoms with Crippen LogP contribution in [0.4, 0.5) is 11.4 Å². The van der Waals surface area contributed by atoms with Crippen LogP contribution in [-0.2, 0) is 9.59 Å². The van der Waals surface area contributed by atoms with E-state index in [4.69, 9.17) is 17.0 Å². The van der Waals surface area contributed by atoms with Crippen LogP contribution in [0.1, 0.15) is 12.5 Å². The standard InChI is InChI=1S/C20H17N3O5S2/c1-12(18(24)21-14-5-7-15(8-6-14)23(26)27)22-19(25)17(30-20(22)29)11-13-3-9-16(28-2)10-4-13/h3-12H,1-2H3,(H,21,24)/b17-11-. The maximum absolute atomic E-state index is 12.8. The number of hydrogen-bond acceptors (Lipinski definition) is 7. The summed E-state index contributed by atoms with van der Waals surface area (Å²) >= 11 is 6.44. The van der Waals surface area contributed by atoms with E-state index < -0.39 is 16.9 Å². The van der Waals surface area contributed by atoms with Crippen molar-refractivity contribution in [3.63, 3.8) is 0 Å². The normalized spacial score (nSPS) is 15.9. The number of hydrogen-bond donors (Lipinski definition) is 1. The molecule has 1 atom stereocenters. The number of carbonyl (C=O) groups excluding carboxylic acids is 2. The van der Waals surface area contributed by atoms with Gasteiger partial charge in [0.05, 0.1) is 16.9 Å². The Morgan fingerprint density at radius 3 is 2.43 bits per heavy atom. The van der Waals surface area contributed by atoms with Crippen molar-refractivity contribution in [2.45, 2.75) is 13.0 Å². The number of nitro groups is 1. The van der Waals surface area contributed by atoms with Crippen LogP contribution in [0.5, 0.6) is 5.75 Å². The number of nitrogens with one attached hydrogen (secondary N) is 1. The van der Waals surface area contributed by atoms with Crippen LogP contribution in [0, 0.1) is 10.1 Å². The van der Waals surface area contributed by atoms with Crippen molar-refractivity contribution < 1.29 is 19.2 Å². The van der Waals surface area contributed by atoms with E-state index in [9.17, 15) is 19.7 Å². The molecule has 1 aliphatic heterocycles. The Balaban J connectivity index is 1.71. The van der Waals surface area contributed by atoms with Gasteiger partial charge in [-0.15, -0.1) is 0 Å². The largest absolute Gasteiger partial charge is 0.497 e. The van der Waals surface area contributed by atoms with Crippen LogP contribution in [0.25, 0.3) is 6.08 Å². The number of non-ortho nitro benzene ring substituents is 1. The van der Waals surface area contributed by atoms with E-state index in [1.165, 1.54) is 29.2 Å². The number of thiocarbonyl (C=S) groups is 1. The van der Waals surface area contributed by atoms with Gasteiger partial charge in [-0.05, 0) is 42.8 Å². The molecular weight excluding hydrogens is 426 g/mol. The lowest BCUT2D eigenvalue weighted by atomic mass is 10.2. The predicted octanol–water partition coefficient (Wildman–Crippen LogP) is 3.83. The first-order valence-corrected chi connectivity index (χ1v) is 9.99. The maximum atomic E-state index is 12.8. The molecule has 0 aliphatic carbocycles. The van der Waals surface area contributed by atoms with E-state index in [-0.39, 0.29) is 15.9 Å². The highest BCUT2D eigenvalue weighted by Crippen LogP contribution is 2.34. The third kappa shape index (κ3) is 4.66. The summed E-state index contributed by atoms with van der Waals surface area (Å²) in [5, 5.41) is 13.4. The van der Waals surface area contributed by atoms with E-state index in [0.29, 0.717) is 16.3 Å². The van der Waals surface area contributed by atoms with Crippen LogP contribution in [-0.4, -0.2) is 39.1 Å². The Labute approximate surface area is 182 Å². The van der Waals surface area contributed by atoms with Gasteiger partial charge in [-0.2, -0.15) is 0 Å². The SMILES string of the molecule is COc1ccc(/C=C2\SC(=S)N(C(C)C(=O)Nc3ccc([N+](=O)[O-])cc3)C2=O)cc1. The molecule has 2 aromatic carbocycles. The zero-order valence-electron chi connectivity index (χ0n) is 16.0. The second-order valence-corrected chi connectivity index (χ2v) is 7.97. The summed E-state index contributed by atoms with van der Waals surface area (Å²) in [6.07, 6.45) is 1.71. The van der Waals surface area contributed by atoms with Gasteiger partial charge in [-0.25, -0.2) is 0 Å². The predicted molar refractivity (Wildman–Crippen MR) is 119 cm³/mol. The van der Waals surface area contributed by atoms with Crippen molar-refractivity contribution >= 4 is 57.6 Å². The molecule has 2 aromatic rings. The third-order valence-corrected chi connectivity index (χ3v) is 5.68. The van der Waals surface area contributed by atoms with Gasteiger partial charge in [-0.1, -0.05) is 36.1 Å². The summed E-state index contributed by atoms with van der Waals surface area (Å²) in [4.78, 5) is 37.3. The minimum Gasteiger partial charge on any atom is -0.497 e. The van der Waals surface area contributed by atoms with Crippen molar-refractivity contribution in [1.29, 1.82) is 0 Å². The molecule has 8 nitrogen and oxygen atoms in total. The summed E-state index contributed by atoms with van der Waals surface area (Å²) < 4.78 is 5.40. The average molecular weight is 444 g/mol. The van der Waals surface area contributed by atoms with Crippen molar-refractivity contribution in [1.82, 2.24) is 4.90 Å². The molecule has 1 heterocycles. The molecule has 154 valence electrons. The summed E-state index contributed by atoms with van der Waals surface area (Å²) in [5.41, 5.74) is 1.11. The molecule has 1 aliphatic rings. The van der Waals surface area contributed by atoms with E-state index >= 15 is 0 Å².